The molecular formula is C22H29BrN2. The number of benzene rings is 2. The molecule has 2 aromatic carbocycles. The minimum atomic E-state index is 0.486. The number of aryl methyl sites for hydroxylation is 1. The third-order valence-electron chi connectivity index (χ3n) is 5.55. The minimum Gasteiger partial charge on any atom is -0.303 e. The van der Waals surface area contributed by atoms with Crippen molar-refractivity contribution in [3.63, 3.8) is 0 Å². The number of fused-ring (bicyclic) bond motifs is 1. The van der Waals surface area contributed by atoms with Crippen LogP contribution in [0, 0.1) is 6.92 Å². The van der Waals surface area contributed by atoms with E-state index in [0.717, 1.165) is 39.1 Å². The summed E-state index contributed by atoms with van der Waals surface area (Å²) < 4.78 is 1.18. The van der Waals surface area contributed by atoms with Crippen LogP contribution in [0.5, 0.6) is 0 Å². The number of nitrogens with zero attached hydrogens (tertiary/aromatic N) is 2. The molecule has 0 saturated heterocycles. The van der Waals surface area contributed by atoms with E-state index in [1.54, 1.807) is 0 Å². The first kappa shape index (κ1) is 18.6. The van der Waals surface area contributed by atoms with E-state index < -0.39 is 0 Å². The average Bonchev–Trinajstić information content (AvgIpc) is 2.97. The summed E-state index contributed by atoms with van der Waals surface area (Å²) in [5.74, 6) is 0. The van der Waals surface area contributed by atoms with E-state index in [2.05, 4.69) is 89.0 Å². The Balaban J connectivity index is 1.82. The summed E-state index contributed by atoms with van der Waals surface area (Å²) in [6, 6.07) is 16.1. The van der Waals surface area contributed by atoms with E-state index in [1.165, 1.54) is 26.7 Å². The Labute approximate surface area is 161 Å². The fourth-order valence-corrected chi connectivity index (χ4v) is 4.29. The molecule has 0 aliphatic carbocycles. The highest BCUT2D eigenvalue weighted by molar-refractivity contribution is 9.10. The Morgan fingerprint density at radius 2 is 1.88 bits per heavy atom. The van der Waals surface area contributed by atoms with E-state index >= 15 is 0 Å². The van der Waals surface area contributed by atoms with Gasteiger partial charge in [-0.15, -0.1) is 0 Å². The molecule has 1 aliphatic rings. The standard InChI is InChI=1S/C22H29BrN2/c1-4-24(5-2)12-13-25-16-18-8-6-7-9-21(18)22(25)15-19-14-20(23)11-10-17(19)3/h6-11,14,22H,4-5,12-13,15-16H2,1-3H3. The van der Waals surface area contributed by atoms with Crippen molar-refractivity contribution in [3.8, 4) is 0 Å². The monoisotopic (exact) mass is 400 g/mol. The first-order valence-electron chi connectivity index (χ1n) is 9.41. The van der Waals surface area contributed by atoms with E-state index in [9.17, 15) is 0 Å². The summed E-state index contributed by atoms with van der Waals surface area (Å²) in [4.78, 5) is 5.19. The van der Waals surface area contributed by atoms with Gasteiger partial charge in [0.2, 0.25) is 0 Å². The predicted octanol–water partition coefficient (Wildman–Crippen LogP) is 5.20. The summed E-state index contributed by atoms with van der Waals surface area (Å²) in [5, 5.41) is 0. The van der Waals surface area contributed by atoms with Gasteiger partial charge in [-0.3, -0.25) is 4.90 Å². The maximum Gasteiger partial charge on any atom is 0.0395 e. The van der Waals surface area contributed by atoms with Crippen molar-refractivity contribution in [2.24, 2.45) is 0 Å². The van der Waals surface area contributed by atoms with Gasteiger partial charge in [0.1, 0.15) is 0 Å². The van der Waals surface area contributed by atoms with E-state index in [-0.39, 0.29) is 0 Å². The molecule has 2 nitrogen and oxygen atoms in total. The van der Waals surface area contributed by atoms with Crippen LogP contribution in [0.4, 0.5) is 0 Å². The Morgan fingerprint density at radius 3 is 2.64 bits per heavy atom. The largest absolute Gasteiger partial charge is 0.303 e. The van der Waals surface area contributed by atoms with Gasteiger partial charge in [0.05, 0.1) is 0 Å². The molecule has 0 radical (unpaired) electrons. The lowest BCUT2D eigenvalue weighted by molar-refractivity contribution is 0.175. The zero-order chi connectivity index (χ0) is 17.8. The van der Waals surface area contributed by atoms with Crippen molar-refractivity contribution in [1.29, 1.82) is 0 Å². The molecule has 134 valence electrons. The maximum atomic E-state index is 3.64. The van der Waals surface area contributed by atoms with Crippen molar-refractivity contribution in [2.75, 3.05) is 26.2 Å². The van der Waals surface area contributed by atoms with Crippen LogP contribution in [0.3, 0.4) is 0 Å². The van der Waals surface area contributed by atoms with Gasteiger partial charge in [0.15, 0.2) is 0 Å². The lowest BCUT2D eigenvalue weighted by Crippen LogP contribution is -2.35. The molecule has 0 fully saturated rings. The van der Waals surface area contributed by atoms with Gasteiger partial charge in [-0.05, 0) is 60.8 Å². The van der Waals surface area contributed by atoms with Gasteiger partial charge < -0.3 is 4.90 Å². The number of hydrogen-bond acceptors (Lipinski definition) is 2. The number of halogens is 1. The van der Waals surface area contributed by atoms with Crippen molar-refractivity contribution >= 4 is 15.9 Å². The summed E-state index contributed by atoms with van der Waals surface area (Å²) in [7, 11) is 0. The van der Waals surface area contributed by atoms with Crippen LogP contribution in [-0.2, 0) is 13.0 Å². The van der Waals surface area contributed by atoms with Crippen LogP contribution in [-0.4, -0.2) is 36.0 Å². The van der Waals surface area contributed by atoms with Crippen LogP contribution in [0.15, 0.2) is 46.9 Å². The fraction of sp³-hybridized carbons (Fsp3) is 0.455. The number of hydrogen-bond donors (Lipinski definition) is 0. The molecule has 25 heavy (non-hydrogen) atoms. The molecule has 0 amide bonds. The second-order valence-electron chi connectivity index (χ2n) is 6.99. The lowest BCUT2D eigenvalue weighted by Gasteiger charge is -2.28. The molecule has 0 saturated carbocycles. The Kier molecular flexibility index (Phi) is 6.32. The molecule has 1 heterocycles. The Morgan fingerprint density at radius 1 is 1.12 bits per heavy atom. The smallest absolute Gasteiger partial charge is 0.0395 e. The molecule has 0 spiro atoms. The van der Waals surface area contributed by atoms with Crippen molar-refractivity contribution in [1.82, 2.24) is 9.80 Å². The van der Waals surface area contributed by atoms with Gasteiger partial charge in [0, 0.05) is 30.1 Å². The molecule has 2 aromatic rings. The van der Waals surface area contributed by atoms with Gasteiger partial charge in [-0.1, -0.05) is 60.1 Å². The van der Waals surface area contributed by atoms with Gasteiger partial charge in [-0.25, -0.2) is 0 Å². The van der Waals surface area contributed by atoms with Crippen LogP contribution < -0.4 is 0 Å². The van der Waals surface area contributed by atoms with Crippen LogP contribution in [0.1, 0.15) is 42.1 Å². The van der Waals surface area contributed by atoms with Gasteiger partial charge in [-0.2, -0.15) is 0 Å². The zero-order valence-electron chi connectivity index (χ0n) is 15.6. The van der Waals surface area contributed by atoms with Gasteiger partial charge in [0.25, 0.3) is 0 Å². The van der Waals surface area contributed by atoms with Crippen LogP contribution >= 0.6 is 15.9 Å². The summed E-state index contributed by atoms with van der Waals surface area (Å²) in [6.07, 6.45) is 1.08. The third-order valence-corrected chi connectivity index (χ3v) is 6.04. The van der Waals surface area contributed by atoms with Crippen LogP contribution in [0.25, 0.3) is 0 Å². The SMILES string of the molecule is CCN(CC)CCN1Cc2ccccc2C1Cc1cc(Br)ccc1C. The quantitative estimate of drug-likeness (QED) is 0.629. The number of rotatable bonds is 7. The molecule has 3 rings (SSSR count). The molecule has 1 unspecified atom stereocenters. The summed E-state index contributed by atoms with van der Waals surface area (Å²) >= 11 is 3.64. The predicted molar refractivity (Wildman–Crippen MR) is 110 cm³/mol. The molecule has 3 heteroatoms. The second-order valence-corrected chi connectivity index (χ2v) is 7.90. The third kappa shape index (κ3) is 4.33. The van der Waals surface area contributed by atoms with Crippen LogP contribution in [0.2, 0.25) is 0 Å². The van der Waals surface area contributed by atoms with E-state index in [0.29, 0.717) is 6.04 Å². The molecular weight excluding hydrogens is 372 g/mol. The van der Waals surface area contributed by atoms with Gasteiger partial charge >= 0.3 is 0 Å². The maximum absolute atomic E-state index is 3.64. The molecule has 0 bridgehead atoms. The summed E-state index contributed by atoms with van der Waals surface area (Å²) in [5.41, 5.74) is 5.85. The first-order valence-corrected chi connectivity index (χ1v) is 10.2. The molecule has 0 N–H and O–H groups in total. The van der Waals surface area contributed by atoms with Crippen molar-refractivity contribution in [3.05, 3.63) is 69.2 Å². The van der Waals surface area contributed by atoms with E-state index in [1.807, 2.05) is 0 Å². The molecule has 1 aliphatic heterocycles. The zero-order valence-corrected chi connectivity index (χ0v) is 17.2. The Hall–Kier alpha value is -1.16. The highest BCUT2D eigenvalue weighted by atomic mass is 79.9. The number of likely N-dealkylation sites (N-methyl/N-ethyl adjacent to an activating group) is 1. The lowest BCUT2D eigenvalue weighted by atomic mass is 9.96. The fourth-order valence-electron chi connectivity index (χ4n) is 3.88. The highest BCUT2D eigenvalue weighted by Crippen LogP contribution is 2.36. The van der Waals surface area contributed by atoms with Crippen molar-refractivity contribution < 1.29 is 0 Å². The highest BCUT2D eigenvalue weighted by Gasteiger charge is 2.30. The molecule has 1 atom stereocenters. The first-order chi connectivity index (χ1) is 12.1. The minimum absolute atomic E-state index is 0.486. The second kappa shape index (κ2) is 8.48. The topological polar surface area (TPSA) is 6.48 Å². The Bertz CT molecular complexity index is 709. The summed E-state index contributed by atoms with van der Waals surface area (Å²) in [6.45, 7) is 12.4. The average molecular weight is 401 g/mol. The van der Waals surface area contributed by atoms with Crippen molar-refractivity contribution in [2.45, 2.75) is 39.8 Å². The molecule has 0 aromatic heterocycles. The van der Waals surface area contributed by atoms with E-state index in [4.69, 9.17) is 0 Å². The normalized spacial score (nSPS) is 17.2.